The largest absolute Gasteiger partial charge is 0.508 e. The van der Waals surface area contributed by atoms with Gasteiger partial charge in [-0.3, -0.25) is 9.36 Å². The molecule has 1 aromatic carbocycles. The van der Waals surface area contributed by atoms with Crippen LogP contribution in [-0.4, -0.2) is 14.7 Å². The van der Waals surface area contributed by atoms with E-state index >= 15 is 0 Å². The van der Waals surface area contributed by atoms with Gasteiger partial charge in [-0.25, -0.2) is 0 Å². The van der Waals surface area contributed by atoms with Crippen LogP contribution in [0.5, 0.6) is 5.75 Å². The van der Waals surface area contributed by atoms with Crippen molar-refractivity contribution in [1.29, 1.82) is 0 Å². The number of rotatable bonds is 1. The van der Waals surface area contributed by atoms with Gasteiger partial charge in [0.25, 0.3) is 5.56 Å². The zero-order valence-electron chi connectivity index (χ0n) is 8.43. The fraction of sp³-hybridized carbons (Fsp3) is 0.273. The Morgan fingerprint density at radius 3 is 2.88 bits per heavy atom. The number of hydrogen-bond donors (Lipinski definition) is 2. The Kier molecular flexibility index (Phi) is 1.91. The molecule has 0 radical (unpaired) electrons. The Morgan fingerprint density at radius 2 is 2.19 bits per heavy atom. The minimum Gasteiger partial charge on any atom is -0.508 e. The summed E-state index contributed by atoms with van der Waals surface area (Å²) in [5.41, 5.74) is 0.557. The standard InChI is InChI=1S/C11H10N2O2S/c14-7-3-4-9-8(5-7)10(15)13(6-1-2-6)11(16)12-9/h3-6,14H,1-2H2,(H,12,16). The number of H-pyrrole nitrogens is 1. The highest BCUT2D eigenvalue weighted by Gasteiger charge is 2.26. The molecule has 1 saturated carbocycles. The Morgan fingerprint density at radius 1 is 1.44 bits per heavy atom. The fourth-order valence-corrected chi connectivity index (χ4v) is 2.22. The van der Waals surface area contributed by atoms with Crippen molar-refractivity contribution in [1.82, 2.24) is 9.55 Å². The molecule has 4 nitrogen and oxygen atoms in total. The summed E-state index contributed by atoms with van der Waals surface area (Å²) in [6.07, 6.45) is 2.00. The molecule has 1 aromatic heterocycles. The summed E-state index contributed by atoms with van der Waals surface area (Å²) in [5, 5.41) is 9.87. The minimum absolute atomic E-state index is 0.0949. The number of nitrogens with zero attached hydrogens (tertiary/aromatic N) is 1. The SMILES string of the molecule is O=c1c2cc(O)ccc2[nH]c(=S)n1C1CC1. The predicted molar refractivity (Wildman–Crippen MR) is 63.3 cm³/mol. The molecular formula is C11H10N2O2S. The molecule has 0 spiro atoms. The van der Waals surface area contributed by atoms with E-state index in [4.69, 9.17) is 12.2 Å². The molecule has 0 atom stereocenters. The van der Waals surface area contributed by atoms with Crippen LogP contribution in [0, 0.1) is 4.77 Å². The van der Waals surface area contributed by atoms with Crippen molar-refractivity contribution < 1.29 is 5.11 Å². The first-order valence-corrected chi connectivity index (χ1v) is 5.55. The van der Waals surface area contributed by atoms with Gasteiger partial charge in [0.05, 0.1) is 10.9 Å². The molecule has 1 heterocycles. The van der Waals surface area contributed by atoms with Crippen LogP contribution >= 0.6 is 12.2 Å². The Labute approximate surface area is 96.2 Å². The summed E-state index contributed by atoms with van der Waals surface area (Å²) in [4.78, 5) is 15.2. The van der Waals surface area contributed by atoms with E-state index in [-0.39, 0.29) is 17.4 Å². The van der Waals surface area contributed by atoms with Crippen LogP contribution in [0.1, 0.15) is 18.9 Å². The summed E-state index contributed by atoms with van der Waals surface area (Å²) in [7, 11) is 0. The van der Waals surface area contributed by atoms with Crippen molar-refractivity contribution in [3.8, 4) is 5.75 Å². The summed E-state index contributed by atoms with van der Waals surface area (Å²) < 4.78 is 2.07. The Hall–Kier alpha value is -1.62. The third kappa shape index (κ3) is 1.36. The van der Waals surface area contributed by atoms with Crippen LogP contribution in [0.3, 0.4) is 0 Å². The summed E-state index contributed by atoms with van der Waals surface area (Å²) in [6, 6.07) is 4.91. The maximum atomic E-state index is 12.1. The van der Waals surface area contributed by atoms with Crippen LogP contribution in [0.25, 0.3) is 10.9 Å². The molecule has 0 aliphatic heterocycles. The second kappa shape index (κ2) is 3.18. The number of nitrogens with one attached hydrogen (secondary N) is 1. The van der Waals surface area contributed by atoms with Gasteiger partial charge in [-0.2, -0.15) is 0 Å². The van der Waals surface area contributed by atoms with E-state index in [1.165, 1.54) is 12.1 Å². The van der Waals surface area contributed by atoms with E-state index in [1.807, 2.05) is 0 Å². The molecule has 1 aliphatic rings. The monoisotopic (exact) mass is 234 g/mol. The van der Waals surface area contributed by atoms with Gasteiger partial charge in [0.1, 0.15) is 5.75 Å². The molecule has 82 valence electrons. The highest BCUT2D eigenvalue weighted by atomic mass is 32.1. The third-order valence-corrected chi connectivity index (χ3v) is 3.12. The van der Waals surface area contributed by atoms with E-state index in [2.05, 4.69) is 4.98 Å². The number of phenolic OH excluding ortho intramolecular Hbond substituents is 1. The molecule has 0 unspecified atom stereocenters. The lowest BCUT2D eigenvalue weighted by molar-refractivity contribution is 0.476. The van der Waals surface area contributed by atoms with Gasteiger partial charge >= 0.3 is 0 Å². The number of hydrogen-bond acceptors (Lipinski definition) is 3. The molecule has 1 fully saturated rings. The second-order valence-corrected chi connectivity index (χ2v) is 4.45. The summed E-state index contributed by atoms with van der Waals surface area (Å²) in [6.45, 7) is 0. The third-order valence-electron chi connectivity index (χ3n) is 2.82. The second-order valence-electron chi connectivity index (χ2n) is 4.07. The normalized spacial score (nSPS) is 15.5. The average Bonchev–Trinajstić information content (AvgIpc) is 3.04. The van der Waals surface area contributed by atoms with E-state index in [0.717, 1.165) is 12.8 Å². The molecular weight excluding hydrogens is 224 g/mol. The number of phenols is 1. The van der Waals surface area contributed by atoms with Crippen molar-refractivity contribution in [3.63, 3.8) is 0 Å². The first kappa shape index (κ1) is 9.59. The molecule has 1 aliphatic carbocycles. The van der Waals surface area contributed by atoms with E-state index < -0.39 is 0 Å². The van der Waals surface area contributed by atoms with Gasteiger partial charge < -0.3 is 10.1 Å². The van der Waals surface area contributed by atoms with Crippen LogP contribution in [0.4, 0.5) is 0 Å². The number of benzene rings is 1. The Balaban J connectivity index is 2.45. The molecule has 5 heteroatoms. The average molecular weight is 234 g/mol. The quantitative estimate of drug-likeness (QED) is 0.743. The van der Waals surface area contributed by atoms with Crippen molar-refractivity contribution >= 4 is 23.1 Å². The number of aromatic amines is 1. The number of aromatic nitrogens is 2. The first-order valence-electron chi connectivity index (χ1n) is 5.14. The zero-order chi connectivity index (χ0) is 11.3. The maximum absolute atomic E-state index is 12.1. The van der Waals surface area contributed by atoms with Crippen molar-refractivity contribution in [2.45, 2.75) is 18.9 Å². The highest BCUT2D eigenvalue weighted by molar-refractivity contribution is 7.71. The van der Waals surface area contributed by atoms with Crippen molar-refractivity contribution in [2.24, 2.45) is 0 Å². The highest BCUT2D eigenvalue weighted by Crippen LogP contribution is 2.33. The van der Waals surface area contributed by atoms with Gasteiger partial charge in [-0.15, -0.1) is 0 Å². The summed E-state index contributed by atoms with van der Waals surface area (Å²) in [5.74, 6) is 0.0949. The van der Waals surface area contributed by atoms with Gasteiger partial charge in [-0.1, -0.05) is 0 Å². The number of aromatic hydroxyl groups is 1. The Bertz CT molecular complexity index is 682. The van der Waals surface area contributed by atoms with Gasteiger partial charge in [0, 0.05) is 6.04 Å². The smallest absolute Gasteiger partial charge is 0.262 e. The topological polar surface area (TPSA) is 58.0 Å². The van der Waals surface area contributed by atoms with Crippen molar-refractivity contribution in [3.05, 3.63) is 33.3 Å². The van der Waals surface area contributed by atoms with Crippen LogP contribution in [0.2, 0.25) is 0 Å². The van der Waals surface area contributed by atoms with Crippen LogP contribution < -0.4 is 5.56 Å². The van der Waals surface area contributed by atoms with E-state index in [9.17, 15) is 9.90 Å². The van der Waals surface area contributed by atoms with Gasteiger partial charge in [0.2, 0.25) is 0 Å². The molecule has 0 bridgehead atoms. The zero-order valence-corrected chi connectivity index (χ0v) is 9.25. The van der Waals surface area contributed by atoms with Crippen molar-refractivity contribution in [2.75, 3.05) is 0 Å². The van der Waals surface area contributed by atoms with E-state index in [0.29, 0.717) is 15.7 Å². The molecule has 3 rings (SSSR count). The lowest BCUT2D eigenvalue weighted by Crippen LogP contribution is -2.21. The van der Waals surface area contributed by atoms with Crippen LogP contribution in [-0.2, 0) is 0 Å². The summed E-state index contributed by atoms with van der Waals surface area (Å²) >= 11 is 5.16. The molecule has 0 amide bonds. The fourth-order valence-electron chi connectivity index (χ4n) is 1.88. The van der Waals surface area contributed by atoms with E-state index in [1.54, 1.807) is 10.6 Å². The first-order chi connectivity index (χ1) is 7.66. The lowest BCUT2D eigenvalue weighted by Gasteiger charge is -2.06. The molecule has 2 N–H and O–H groups in total. The molecule has 16 heavy (non-hydrogen) atoms. The minimum atomic E-state index is -0.114. The lowest BCUT2D eigenvalue weighted by atomic mass is 10.2. The van der Waals surface area contributed by atoms with Gasteiger partial charge in [-0.05, 0) is 43.3 Å². The predicted octanol–water partition coefficient (Wildman–Crippen LogP) is 2.10. The molecule has 0 saturated heterocycles. The number of fused-ring (bicyclic) bond motifs is 1. The molecule has 2 aromatic rings. The van der Waals surface area contributed by atoms with Crippen LogP contribution in [0.15, 0.2) is 23.0 Å². The van der Waals surface area contributed by atoms with Gasteiger partial charge in [0.15, 0.2) is 4.77 Å². The maximum Gasteiger partial charge on any atom is 0.262 e.